The molecule has 0 unspecified atom stereocenters. The number of carbonyl (C=O) groups is 2. The number of hydrogen-bond acceptors (Lipinski definition) is 5. The predicted molar refractivity (Wildman–Crippen MR) is 108 cm³/mol. The molecule has 2 aromatic carbocycles. The average Bonchev–Trinajstić information content (AvgIpc) is 2.95. The third-order valence-electron chi connectivity index (χ3n) is 4.35. The fourth-order valence-corrected chi connectivity index (χ4v) is 2.95. The first kappa shape index (κ1) is 19.6. The van der Waals surface area contributed by atoms with Gasteiger partial charge in [-0.25, -0.2) is 0 Å². The maximum atomic E-state index is 13.0. The molecule has 0 bridgehead atoms. The zero-order valence-corrected chi connectivity index (χ0v) is 16.1. The smallest absolute Gasteiger partial charge is 0.278 e. The zero-order valence-electron chi connectivity index (χ0n) is 16.1. The van der Waals surface area contributed by atoms with Crippen LogP contribution in [-0.4, -0.2) is 43.6 Å². The Labute approximate surface area is 164 Å². The van der Waals surface area contributed by atoms with Crippen LogP contribution in [0.15, 0.2) is 60.3 Å². The Balaban J connectivity index is 1.95. The number of carbonyl (C=O) groups excluding carboxylic acids is 2. The summed E-state index contributed by atoms with van der Waals surface area (Å²) < 4.78 is 10.7. The fraction of sp³-hybridized carbons (Fsp3) is 0.273. The fourth-order valence-electron chi connectivity index (χ4n) is 2.95. The van der Waals surface area contributed by atoms with Crippen LogP contribution in [0.1, 0.15) is 18.9 Å². The van der Waals surface area contributed by atoms with Gasteiger partial charge in [0, 0.05) is 12.8 Å². The molecule has 6 nitrogen and oxygen atoms in total. The number of rotatable bonds is 9. The minimum atomic E-state index is -0.354. The van der Waals surface area contributed by atoms with Gasteiger partial charge in [-0.1, -0.05) is 37.3 Å². The van der Waals surface area contributed by atoms with Gasteiger partial charge in [0.1, 0.15) is 11.4 Å². The van der Waals surface area contributed by atoms with Gasteiger partial charge >= 0.3 is 0 Å². The van der Waals surface area contributed by atoms with Crippen molar-refractivity contribution in [1.82, 2.24) is 4.90 Å². The second kappa shape index (κ2) is 9.19. The maximum absolute atomic E-state index is 13.0. The zero-order chi connectivity index (χ0) is 19.9. The molecule has 0 spiro atoms. The predicted octanol–water partition coefficient (Wildman–Crippen LogP) is 3.31. The van der Waals surface area contributed by atoms with Gasteiger partial charge in [0.25, 0.3) is 11.8 Å². The van der Waals surface area contributed by atoms with E-state index in [9.17, 15) is 9.59 Å². The summed E-state index contributed by atoms with van der Waals surface area (Å²) >= 11 is 0. The first-order valence-corrected chi connectivity index (χ1v) is 9.30. The number of nitrogens with zero attached hydrogens (tertiary/aromatic N) is 1. The molecule has 0 aromatic heterocycles. The van der Waals surface area contributed by atoms with Crippen LogP contribution in [0, 0.1) is 0 Å². The number of amides is 2. The Morgan fingerprint density at radius 3 is 2.29 bits per heavy atom. The molecule has 2 amide bonds. The Kier molecular flexibility index (Phi) is 6.45. The summed E-state index contributed by atoms with van der Waals surface area (Å²) in [6, 6.07) is 16.6. The van der Waals surface area contributed by atoms with E-state index in [4.69, 9.17) is 9.47 Å². The number of hydrogen-bond donors (Lipinski definition) is 1. The van der Waals surface area contributed by atoms with Gasteiger partial charge in [-0.3, -0.25) is 14.5 Å². The van der Waals surface area contributed by atoms with Gasteiger partial charge in [-0.05, 0) is 36.2 Å². The summed E-state index contributed by atoms with van der Waals surface area (Å²) in [6.45, 7) is 3.16. The molecule has 0 aliphatic carbocycles. The lowest BCUT2D eigenvalue weighted by Crippen LogP contribution is -2.35. The van der Waals surface area contributed by atoms with Crippen molar-refractivity contribution in [3.63, 3.8) is 0 Å². The van der Waals surface area contributed by atoms with Crippen LogP contribution in [0.2, 0.25) is 0 Å². The van der Waals surface area contributed by atoms with E-state index in [0.29, 0.717) is 17.7 Å². The topological polar surface area (TPSA) is 67.9 Å². The van der Waals surface area contributed by atoms with E-state index in [1.165, 1.54) is 12.0 Å². The molecule has 28 heavy (non-hydrogen) atoms. The van der Waals surface area contributed by atoms with Crippen molar-refractivity contribution in [2.24, 2.45) is 0 Å². The molecule has 0 atom stereocenters. The van der Waals surface area contributed by atoms with Crippen LogP contribution in [-0.2, 0) is 14.3 Å². The van der Waals surface area contributed by atoms with E-state index in [2.05, 4.69) is 5.32 Å². The van der Waals surface area contributed by atoms with Crippen LogP contribution in [0.3, 0.4) is 0 Å². The number of imide groups is 1. The highest BCUT2D eigenvalue weighted by Gasteiger charge is 2.38. The molecule has 3 rings (SSSR count). The van der Waals surface area contributed by atoms with Crippen LogP contribution in [0.5, 0.6) is 5.75 Å². The van der Waals surface area contributed by atoms with Crippen LogP contribution < -0.4 is 10.1 Å². The van der Waals surface area contributed by atoms with Crippen molar-refractivity contribution in [3.05, 3.63) is 65.9 Å². The molecule has 146 valence electrons. The van der Waals surface area contributed by atoms with E-state index in [1.54, 1.807) is 12.1 Å². The molecule has 0 radical (unpaired) electrons. The van der Waals surface area contributed by atoms with E-state index in [1.807, 2.05) is 49.4 Å². The SMILES string of the molecule is CCCOc1ccc(C2=C(Nc3ccccc3)C(=O)N(CCOC)C2=O)cc1. The van der Waals surface area contributed by atoms with E-state index in [-0.39, 0.29) is 30.7 Å². The van der Waals surface area contributed by atoms with Gasteiger partial charge in [-0.15, -0.1) is 0 Å². The minimum Gasteiger partial charge on any atom is -0.494 e. The highest BCUT2D eigenvalue weighted by Crippen LogP contribution is 2.31. The second-order valence-electron chi connectivity index (χ2n) is 6.37. The number of ether oxygens (including phenoxy) is 2. The lowest BCUT2D eigenvalue weighted by Gasteiger charge is -2.14. The van der Waals surface area contributed by atoms with Crippen molar-refractivity contribution in [3.8, 4) is 5.75 Å². The third kappa shape index (κ3) is 4.23. The Morgan fingerprint density at radius 1 is 0.929 bits per heavy atom. The van der Waals surface area contributed by atoms with Crippen molar-refractivity contribution in [2.45, 2.75) is 13.3 Å². The molecule has 6 heteroatoms. The summed E-state index contributed by atoms with van der Waals surface area (Å²) in [6.07, 6.45) is 0.916. The molecule has 0 fully saturated rings. The summed E-state index contributed by atoms with van der Waals surface area (Å²) in [5.41, 5.74) is 2.04. The van der Waals surface area contributed by atoms with E-state index >= 15 is 0 Å². The summed E-state index contributed by atoms with van der Waals surface area (Å²) in [7, 11) is 1.54. The van der Waals surface area contributed by atoms with Crippen molar-refractivity contribution in [2.75, 3.05) is 32.2 Å². The number of benzene rings is 2. The van der Waals surface area contributed by atoms with Gasteiger partial charge in [0.05, 0.1) is 25.3 Å². The molecule has 1 aliphatic heterocycles. The third-order valence-corrected chi connectivity index (χ3v) is 4.35. The maximum Gasteiger partial charge on any atom is 0.278 e. The molecule has 0 saturated carbocycles. The molecular weight excluding hydrogens is 356 g/mol. The highest BCUT2D eigenvalue weighted by atomic mass is 16.5. The second-order valence-corrected chi connectivity index (χ2v) is 6.37. The molecular formula is C22H24N2O4. The van der Waals surface area contributed by atoms with Crippen molar-refractivity contribution < 1.29 is 19.1 Å². The summed E-state index contributed by atoms with van der Waals surface area (Å²) in [5, 5.41) is 3.12. The van der Waals surface area contributed by atoms with Gasteiger partial charge in [0.15, 0.2) is 0 Å². The van der Waals surface area contributed by atoms with Crippen molar-refractivity contribution in [1.29, 1.82) is 0 Å². The summed E-state index contributed by atoms with van der Waals surface area (Å²) in [4.78, 5) is 27.1. The molecule has 2 aromatic rings. The number of anilines is 1. The largest absolute Gasteiger partial charge is 0.494 e. The minimum absolute atomic E-state index is 0.204. The van der Waals surface area contributed by atoms with Gasteiger partial charge in [0.2, 0.25) is 0 Å². The van der Waals surface area contributed by atoms with E-state index in [0.717, 1.165) is 17.9 Å². The normalized spacial score (nSPS) is 14.0. The quantitative estimate of drug-likeness (QED) is 0.676. The van der Waals surface area contributed by atoms with Gasteiger partial charge in [-0.2, -0.15) is 0 Å². The highest BCUT2D eigenvalue weighted by molar-refractivity contribution is 6.36. The molecule has 1 aliphatic rings. The lowest BCUT2D eigenvalue weighted by atomic mass is 10.0. The first-order valence-electron chi connectivity index (χ1n) is 9.30. The monoisotopic (exact) mass is 380 g/mol. The van der Waals surface area contributed by atoms with Crippen LogP contribution in [0.25, 0.3) is 5.57 Å². The number of para-hydroxylation sites is 1. The van der Waals surface area contributed by atoms with Crippen LogP contribution >= 0.6 is 0 Å². The molecule has 1 N–H and O–H groups in total. The first-order chi connectivity index (χ1) is 13.7. The van der Waals surface area contributed by atoms with Crippen molar-refractivity contribution >= 4 is 23.1 Å². The number of methoxy groups -OCH3 is 1. The summed E-state index contributed by atoms with van der Waals surface area (Å²) in [5.74, 6) is 0.0479. The van der Waals surface area contributed by atoms with Gasteiger partial charge < -0.3 is 14.8 Å². The number of nitrogens with one attached hydrogen (secondary N) is 1. The Hall–Kier alpha value is -3.12. The Morgan fingerprint density at radius 2 is 1.64 bits per heavy atom. The standard InChI is InChI=1S/C22H24N2O4/c1-3-14-28-18-11-9-16(10-12-18)19-20(23-17-7-5-4-6-8-17)22(26)24(21(19)25)13-15-27-2/h4-12,23H,3,13-15H2,1-2H3. The molecule has 0 saturated heterocycles. The average molecular weight is 380 g/mol. The van der Waals surface area contributed by atoms with E-state index < -0.39 is 0 Å². The Bertz CT molecular complexity index is 860. The lowest BCUT2D eigenvalue weighted by molar-refractivity contribution is -0.137. The van der Waals surface area contributed by atoms with Crippen LogP contribution in [0.4, 0.5) is 5.69 Å². The molecule has 1 heterocycles.